The Kier molecular flexibility index (Phi) is 3.66. The molecule has 0 radical (unpaired) electrons. The SMILES string of the molecule is COc1ccc2c(c1)CC(OC(F)(F)F)N2CC=O. The Balaban J connectivity index is 2.27. The highest BCUT2D eigenvalue weighted by Gasteiger charge is 2.40. The lowest BCUT2D eigenvalue weighted by Gasteiger charge is -2.25. The first-order valence-corrected chi connectivity index (χ1v) is 5.56. The van der Waals surface area contributed by atoms with Gasteiger partial charge in [-0.3, -0.25) is 4.74 Å². The minimum atomic E-state index is -4.74. The second-order valence-corrected chi connectivity index (χ2v) is 4.04. The van der Waals surface area contributed by atoms with E-state index in [1.54, 1.807) is 18.2 Å². The van der Waals surface area contributed by atoms with Crippen LogP contribution >= 0.6 is 0 Å². The maximum Gasteiger partial charge on any atom is 0.524 e. The second-order valence-electron chi connectivity index (χ2n) is 4.04. The zero-order valence-electron chi connectivity index (χ0n) is 10.1. The quantitative estimate of drug-likeness (QED) is 0.789. The molecule has 0 amide bonds. The smallest absolute Gasteiger partial charge is 0.497 e. The third kappa shape index (κ3) is 2.98. The van der Waals surface area contributed by atoms with Crippen molar-refractivity contribution in [2.24, 2.45) is 0 Å². The average Bonchev–Trinajstić information content (AvgIpc) is 2.64. The Morgan fingerprint density at radius 3 is 2.79 bits per heavy atom. The van der Waals surface area contributed by atoms with Crippen molar-refractivity contribution in [1.82, 2.24) is 0 Å². The molecule has 0 saturated carbocycles. The summed E-state index contributed by atoms with van der Waals surface area (Å²) in [5.74, 6) is 0.553. The van der Waals surface area contributed by atoms with Crippen molar-refractivity contribution >= 4 is 12.0 Å². The maximum absolute atomic E-state index is 12.3. The van der Waals surface area contributed by atoms with Crippen LogP contribution in [0.5, 0.6) is 5.75 Å². The predicted molar refractivity (Wildman–Crippen MR) is 61.0 cm³/mol. The first-order chi connectivity index (χ1) is 8.94. The van der Waals surface area contributed by atoms with Gasteiger partial charge in [-0.1, -0.05) is 0 Å². The fourth-order valence-corrected chi connectivity index (χ4v) is 2.14. The van der Waals surface area contributed by atoms with E-state index >= 15 is 0 Å². The van der Waals surface area contributed by atoms with Gasteiger partial charge >= 0.3 is 6.36 Å². The molecule has 1 aliphatic heterocycles. The summed E-state index contributed by atoms with van der Waals surface area (Å²) in [6, 6.07) is 4.90. The van der Waals surface area contributed by atoms with Crippen LogP contribution in [0.3, 0.4) is 0 Å². The van der Waals surface area contributed by atoms with E-state index in [2.05, 4.69) is 4.74 Å². The van der Waals surface area contributed by atoms with Gasteiger partial charge in [0.25, 0.3) is 0 Å². The topological polar surface area (TPSA) is 38.8 Å². The average molecular weight is 275 g/mol. The van der Waals surface area contributed by atoms with Crippen LogP contribution in [0, 0.1) is 0 Å². The van der Waals surface area contributed by atoms with Crippen LogP contribution in [0.4, 0.5) is 18.9 Å². The minimum absolute atomic E-state index is 0.0554. The maximum atomic E-state index is 12.3. The second kappa shape index (κ2) is 5.08. The lowest BCUT2D eigenvalue weighted by molar-refractivity contribution is -0.341. The molecule has 0 saturated heterocycles. The molecule has 0 aromatic heterocycles. The summed E-state index contributed by atoms with van der Waals surface area (Å²) < 4.78 is 46.0. The molecule has 0 bridgehead atoms. The first kappa shape index (κ1) is 13.7. The molecule has 0 N–H and O–H groups in total. The Labute approximate surface area is 107 Å². The van der Waals surface area contributed by atoms with Gasteiger partial charge in [0, 0.05) is 12.1 Å². The lowest BCUT2D eigenvalue weighted by Crippen LogP contribution is -2.39. The van der Waals surface area contributed by atoms with Crippen molar-refractivity contribution < 1.29 is 27.4 Å². The van der Waals surface area contributed by atoms with E-state index in [-0.39, 0.29) is 13.0 Å². The molecule has 1 atom stereocenters. The number of hydrogen-bond acceptors (Lipinski definition) is 4. The molecule has 19 heavy (non-hydrogen) atoms. The van der Waals surface area contributed by atoms with Crippen molar-refractivity contribution in [1.29, 1.82) is 0 Å². The summed E-state index contributed by atoms with van der Waals surface area (Å²) in [4.78, 5) is 11.9. The van der Waals surface area contributed by atoms with Crippen molar-refractivity contribution in [3.8, 4) is 5.75 Å². The number of aldehydes is 1. The van der Waals surface area contributed by atoms with Crippen molar-refractivity contribution in [3.05, 3.63) is 23.8 Å². The van der Waals surface area contributed by atoms with Crippen molar-refractivity contribution in [3.63, 3.8) is 0 Å². The number of carbonyl (C=O) groups excluding carboxylic acids is 1. The Bertz CT molecular complexity index is 476. The monoisotopic (exact) mass is 275 g/mol. The van der Waals surface area contributed by atoms with E-state index in [1.165, 1.54) is 12.0 Å². The first-order valence-electron chi connectivity index (χ1n) is 5.56. The summed E-state index contributed by atoms with van der Waals surface area (Å²) in [5, 5.41) is 0. The number of halogens is 3. The highest BCUT2D eigenvalue weighted by atomic mass is 19.4. The molecule has 1 aromatic rings. The van der Waals surface area contributed by atoms with Gasteiger partial charge in [0.05, 0.1) is 13.7 Å². The number of rotatable bonds is 4. The number of ether oxygens (including phenoxy) is 2. The van der Waals surface area contributed by atoms with E-state index in [1.807, 2.05) is 0 Å². The van der Waals surface area contributed by atoms with Gasteiger partial charge in [0.1, 0.15) is 18.3 Å². The van der Waals surface area contributed by atoms with Gasteiger partial charge in [0.15, 0.2) is 0 Å². The van der Waals surface area contributed by atoms with Crippen LogP contribution in [-0.2, 0) is 16.0 Å². The summed E-state index contributed by atoms with van der Waals surface area (Å²) in [6.07, 6.45) is -5.35. The Morgan fingerprint density at radius 1 is 1.47 bits per heavy atom. The van der Waals surface area contributed by atoms with Crippen LogP contribution < -0.4 is 9.64 Å². The van der Waals surface area contributed by atoms with Gasteiger partial charge in [-0.25, -0.2) is 0 Å². The third-order valence-corrected chi connectivity index (χ3v) is 2.88. The van der Waals surface area contributed by atoms with Crippen molar-refractivity contribution in [2.45, 2.75) is 19.0 Å². The van der Waals surface area contributed by atoms with E-state index < -0.39 is 12.6 Å². The van der Waals surface area contributed by atoms with Crippen LogP contribution in [-0.4, -0.2) is 32.5 Å². The molecule has 1 heterocycles. The van der Waals surface area contributed by atoms with Crippen LogP contribution in [0.2, 0.25) is 0 Å². The normalized spacial score (nSPS) is 18.3. The Morgan fingerprint density at radius 2 is 2.21 bits per heavy atom. The Hall–Kier alpha value is -1.76. The fraction of sp³-hybridized carbons (Fsp3) is 0.417. The molecule has 1 unspecified atom stereocenters. The van der Waals surface area contributed by atoms with E-state index in [9.17, 15) is 18.0 Å². The molecule has 1 aromatic carbocycles. The van der Waals surface area contributed by atoms with E-state index in [4.69, 9.17) is 4.74 Å². The lowest BCUT2D eigenvalue weighted by atomic mass is 10.1. The number of anilines is 1. The third-order valence-electron chi connectivity index (χ3n) is 2.88. The van der Waals surface area contributed by atoms with Crippen LogP contribution in [0.1, 0.15) is 5.56 Å². The van der Waals surface area contributed by atoms with E-state index in [0.717, 1.165) is 0 Å². The number of carbonyl (C=O) groups is 1. The highest BCUT2D eigenvalue weighted by molar-refractivity contribution is 5.67. The molecule has 0 fully saturated rings. The van der Waals surface area contributed by atoms with Crippen LogP contribution in [0.25, 0.3) is 0 Å². The summed E-state index contributed by atoms with van der Waals surface area (Å²) >= 11 is 0. The molecule has 0 aliphatic carbocycles. The predicted octanol–water partition coefficient (Wildman–Crippen LogP) is 2.12. The number of methoxy groups -OCH3 is 1. The fourth-order valence-electron chi connectivity index (χ4n) is 2.14. The standard InChI is InChI=1S/C12H12F3NO3/c1-18-9-2-3-10-8(6-9)7-11(16(10)4-5-17)19-12(13,14)15/h2-3,5-6,11H,4,7H2,1H3. The van der Waals surface area contributed by atoms with E-state index in [0.29, 0.717) is 23.3 Å². The zero-order chi connectivity index (χ0) is 14.0. The van der Waals surface area contributed by atoms with Gasteiger partial charge in [0.2, 0.25) is 0 Å². The summed E-state index contributed by atoms with van der Waals surface area (Å²) in [5.41, 5.74) is 1.22. The zero-order valence-corrected chi connectivity index (χ0v) is 10.1. The molecule has 2 rings (SSSR count). The van der Waals surface area contributed by atoms with Crippen LogP contribution in [0.15, 0.2) is 18.2 Å². The molecular formula is C12H12F3NO3. The van der Waals surface area contributed by atoms with Gasteiger partial charge in [-0.2, -0.15) is 0 Å². The summed E-state index contributed by atoms with van der Waals surface area (Å²) in [7, 11) is 1.48. The van der Waals surface area contributed by atoms with Gasteiger partial charge < -0.3 is 14.4 Å². The summed E-state index contributed by atoms with van der Waals surface area (Å²) in [6.45, 7) is -0.153. The van der Waals surface area contributed by atoms with Crippen molar-refractivity contribution in [2.75, 3.05) is 18.6 Å². The molecule has 4 nitrogen and oxygen atoms in total. The number of benzene rings is 1. The number of hydrogen-bond donors (Lipinski definition) is 0. The molecule has 7 heteroatoms. The number of fused-ring (bicyclic) bond motifs is 1. The number of alkyl halides is 3. The molecular weight excluding hydrogens is 263 g/mol. The largest absolute Gasteiger partial charge is 0.524 e. The minimum Gasteiger partial charge on any atom is -0.497 e. The molecule has 1 aliphatic rings. The molecule has 0 spiro atoms. The molecule has 104 valence electrons. The highest BCUT2D eigenvalue weighted by Crippen LogP contribution is 2.37. The number of nitrogens with zero attached hydrogens (tertiary/aromatic N) is 1. The van der Waals surface area contributed by atoms with Gasteiger partial charge in [-0.05, 0) is 23.8 Å². The van der Waals surface area contributed by atoms with Gasteiger partial charge in [-0.15, -0.1) is 13.2 Å².